The molecule has 0 amide bonds. The molecule has 57 heavy (non-hydrogen) atoms. The van der Waals surface area contributed by atoms with Crippen LogP contribution in [0.25, 0.3) is 10.9 Å². The van der Waals surface area contributed by atoms with Gasteiger partial charge in [0.15, 0.2) is 5.71 Å². The van der Waals surface area contributed by atoms with Crippen molar-refractivity contribution in [1.29, 1.82) is 0 Å². The third kappa shape index (κ3) is 7.86. The fourth-order valence-corrected chi connectivity index (χ4v) is 9.34. The van der Waals surface area contributed by atoms with Gasteiger partial charge in [0.1, 0.15) is 18.3 Å². The van der Waals surface area contributed by atoms with Crippen LogP contribution in [0.5, 0.6) is 5.75 Å². The normalized spacial score (nSPS) is 19.1. The average molecular weight is 766 g/mol. The Labute approximate surface area is 339 Å². The first kappa shape index (κ1) is 39.9. The molecule has 1 unspecified atom stereocenters. The van der Waals surface area contributed by atoms with Gasteiger partial charge in [-0.2, -0.15) is 4.58 Å². The fraction of sp³-hybridized carbons (Fsp3) is 0.400. The minimum atomic E-state index is -0.914. The van der Waals surface area contributed by atoms with Crippen molar-refractivity contribution in [3.63, 3.8) is 0 Å². The Morgan fingerprint density at radius 1 is 0.895 bits per heavy atom. The van der Waals surface area contributed by atoms with Gasteiger partial charge in [-0.05, 0) is 92.1 Å². The molecule has 0 saturated heterocycles. The van der Waals surface area contributed by atoms with Crippen LogP contribution in [0.1, 0.15) is 110 Å². The van der Waals surface area contributed by atoms with E-state index in [1.165, 1.54) is 59.6 Å². The Balaban J connectivity index is 1.31. The van der Waals surface area contributed by atoms with E-state index in [4.69, 9.17) is 0 Å². The Morgan fingerprint density at radius 3 is 2.40 bits per heavy atom. The molecule has 7 rings (SSSR count). The summed E-state index contributed by atoms with van der Waals surface area (Å²) in [6, 6.07) is 21.9. The van der Waals surface area contributed by atoms with E-state index in [2.05, 4.69) is 134 Å². The van der Waals surface area contributed by atoms with E-state index < -0.39 is 12.0 Å². The van der Waals surface area contributed by atoms with E-state index in [1.807, 2.05) is 12.3 Å². The summed E-state index contributed by atoms with van der Waals surface area (Å²) in [7, 11) is 0. The molecule has 3 heterocycles. The Morgan fingerprint density at radius 2 is 1.63 bits per heavy atom. The number of carboxylic acids is 1. The van der Waals surface area contributed by atoms with Gasteiger partial charge >= 0.3 is 5.97 Å². The molecule has 3 aliphatic rings. The van der Waals surface area contributed by atoms with Crippen molar-refractivity contribution in [3.8, 4) is 5.75 Å². The topological polar surface area (TPSA) is 91.6 Å². The van der Waals surface area contributed by atoms with E-state index >= 15 is 0 Å². The molecule has 298 valence electrons. The third-order valence-corrected chi connectivity index (χ3v) is 12.6. The van der Waals surface area contributed by atoms with Crippen LogP contribution in [-0.4, -0.2) is 50.6 Å². The summed E-state index contributed by atoms with van der Waals surface area (Å²) >= 11 is 0. The lowest BCUT2D eigenvalue weighted by Gasteiger charge is -2.27. The number of hydrogen-bond acceptors (Lipinski definition) is 4. The smallest absolute Gasteiger partial charge is 0.326 e. The Hall–Kier alpha value is -5.30. The fourth-order valence-electron chi connectivity index (χ4n) is 9.34. The molecular weight excluding hydrogens is 705 g/mol. The number of aromatic amines is 1. The number of carboxylic acid groups (broad SMARTS) is 1. The number of nitrogens with zero attached hydrogens (tertiary/aromatic N) is 2. The SMILES string of the molecule is CCCCCN1/C(=C/C=C2\CCC(/C=C/C3=[N+](CCCCC)c4ccccc4C3(C)C)=C2NC(Cc2c[nH]c3ccc(O)cc23)C(=O)O)C(C)(C)c2ccccc21. The summed E-state index contributed by atoms with van der Waals surface area (Å²) in [5.74, 6) is -0.755. The van der Waals surface area contributed by atoms with Crippen molar-refractivity contribution in [3.05, 3.63) is 136 Å². The molecule has 3 aromatic carbocycles. The number of para-hydroxylation sites is 2. The number of aromatic nitrogens is 1. The highest BCUT2D eigenvalue weighted by Crippen LogP contribution is 2.48. The lowest BCUT2D eigenvalue weighted by atomic mass is 9.81. The second-order valence-electron chi connectivity index (χ2n) is 17.1. The van der Waals surface area contributed by atoms with Gasteiger partial charge in [-0.25, -0.2) is 4.79 Å². The van der Waals surface area contributed by atoms with E-state index in [0.29, 0.717) is 0 Å². The minimum Gasteiger partial charge on any atom is -0.508 e. The second kappa shape index (κ2) is 16.7. The number of phenols is 1. The van der Waals surface area contributed by atoms with Gasteiger partial charge in [0.05, 0.1) is 5.41 Å². The lowest BCUT2D eigenvalue weighted by Crippen LogP contribution is -2.38. The molecule has 7 heteroatoms. The number of hydrogen-bond donors (Lipinski definition) is 4. The van der Waals surface area contributed by atoms with E-state index in [0.717, 1.165) is 72.1 Å². The summed E-state index contributed by atoms with van der Waals surface area (Å²) in [5.41, 5.74) is 12.3. The largest absolute Gasteiger partial charge is 0.508 e. The number of fused-ring (bicyclic) bond motifs is 3. The molecule has 1 atom stereocenters. The summed E-state index contributed by atoms with van der Waals surface area (Å²) in [6.45, 7) is 15.7. The lowest BCUT2D eigenvalue weighted by molar-refractivity contribution is -0.438. The molecule has 4 aromatic rings. The number of allylic oxidation sites excluding steroid dienone is 7. The van der Waals surface area contributed by atoms with E-state index in [9.17, 15) is 15.0 Å². The van der Waals surface area contributed by atoms with Gasteiger partial charge in [-0.15, -0.1) is 0 Å². The standard InChI is InChI=1S/C50H60N4O3/c1-7-9-15-29-53-43-19-13-11-17-39(43)49(3,4)45(53)27-23-34-21-22-35(24-28-46-50(5,6)40-18-12-14-20-44(40)54(46)30-16-10-8-2)47(34)52-42(48(56)57)31-36-33-51-41-26-25-37(55)32-38(36)41/h11-14,17-20,23-28,32-33,42,51H,7-10,15-16,21-22,29-31H2,1-6H3,(H2,55,56,57)/p+1/b34-23+,45-27+. The van der Waals surface area contributed by atoms with Crippen molar-refractivity contribution in [2.45, 2.75) is 116 Å². The molecule has 0 spiro atoms. The van der Waals surface area contributed by atoms with E-state index in [1.54, 1.807) is 12.1 Å². The van der Waals surface area contributed by atoms with Crippen LogP contribution in [0, 0.1) is 0 Å². The van der Waals surface area contributed by atoms with Crippen LogP contribution in [0.3, 0.4) is 0 Å². The van der Waals surface area contributed by atoms with Gasteiger partial charge < -0.3 is 25.4 Å². The number of unbranched alkanes of at least 4 members (excludes halogenated alkanes) is 4. The first-order valence-electron chi connectivity index (χ1n) is 21.2. The van der Waals surface area contributed by atoms with Gasteiger partial charge in [0, 0.05) is 76.7 Å². The quantitative estimate of drug-likeness (QED) is 0.0673. The molecule has 0 bridgehead atoms. The highest BCUT2D eigenvalue weighted by Gasteiger charge is 2.44. The zero-order chi connectivity index (χ0) is 40.3. The maximum Gasteiger partial charge on any atom is 0.326 e. The predicted molar refractivity (Wildman–Crippen MR) is 235 cm³/mol. The van der Waals surface area contributed by atoms with Crippen molar-refractivity contribution in [1.82, 2.24) is 10.3 Å². The highest BCUT2D eigenvalue weighted by atomic mass is 16.4. The van der Waals surface area contributed by atoms with Crippen LogP contribution < -0.4 is 10.2 Å². The van der Waals surface area contributed by atoms with Crippen LogP contribution in [0.4, 0.5) is 11.4 Å². The number of carbonyl (C=O) groups is 1. The number of phenolic OH excluding ortho intramolecular Hbond substituents is 1. The van der Waals surface area contributed by atoms with Gasteiger partial charge in [-0.1, -0.05) is 95.5 Å². The summed E-state index contributed by atoms with van der Waals surface area (Å²) in [6.07, 6.45) is 19.8. The number of benzene rings is 3. The molecule has 4 N–H and O–H groups in total. The summed E-state index contributed by atoms with van der Waals surface area (Å²) in [4.78, 5) is 18.9. The summed E-state index contributed by atoms with van der Waals surface area (Å²) in [5, 5.41) is 25.4. The van der Waals surface area contributed by atoms with Crippen LogP contribution in [-0.2, 0) is 22.0 Å². The molecule has 0 fully saturated rings. The first-order chi connectivity index (χ1) is 27.4. The number of aliphatic carboxylic acids is 1. The van der Waals surface area contributed by atoms with Crippen molar-refractivity contribution >= 4 is 34.0 Å². The minimum absolute atomic E-state index is 0.159. The van der Waals surface area contributed by atoms with Crippen molar-refractivity contribution < 1.29 is 19.6 Å². The third-order valence-electron chi connectivity index (χ3n) is 12.6. The van der Waals surface area contributed by atoms with Gasteiger partial charge in [-0.3, -0.25) is 0 Å². The van der Waals surface area contributed by atoms with Crippen molar-refractivity contribution in [2.24, 2.45) is 0 Å². The summed E-state index contributed by atoms with van der Waals surface area (Å²) < 4.78 is 2.50. The second-order valence-corrected chi connectivity index (χ2v) is 17.1. The zero-order valence-corrected chi connectivity index (χ0v) is 34.8. The average Bonchev–Trinajstić information content (AvgIpc) is 3.89. The van der Waals surface area contributed by atoms with Crippen LogP contribution in [0.15, 0.2) is 120 Å². The first-order valence-corrected chi connectivity index (χ1v) is 21.2. The van der Waals surface area contributed by atoms with Gasteiger partial charge in [0.2, 0.25) is 5.69 Å². The van der Waals surface area contributed by atoms with Crippen LogP contribution in [0.2, 0.25) is 0 Å². The molecule has 2 aliphatic heterocycles. The maximum atomic E-state index is 13.1. The zero-order valence-electron chi connectivity index (χ0n) is 34.8. The van der Waals surface area contributed by atoms with E-state index in [-0.39, 0.29) is 23.0 Å². The molecule has 0 radical (unpaired) electrons. The molecule has 1 aliphatic carbocycles. The van der Waals surface area contributed by atoms with Crippen molar-refractivity contribution in [2.75, 3.05) is 18.0 Å². The number of H-pyrrole nitrogens is 1. The van der Waals surface area contributed by atoms with Gasteiger partial charge in [0.25, 0.3) is 0 Å². The highest BCUT2D eigenvalue weighted by molar-refractivity contribution is 6.03. The van der Waals surface area contributed by atoms with Crippen LogP contribution >= 0.6 is 0 Å². The molecule has 1 aromatic heterocycles. The monoisotopic (exact) mass is 765 g/mol. The predicted octanol–water partition coefficient (Wildman–Crippen LogP) is 11.1. The maximum absolute atomic E-state index is 13.1. The molecular formula is C50H61N4O3+. The Bertz CT molecular complexity index is 2300. The number of rotatable bonds is 16. The number of nitrogens with one attached hydrogen (secondary N) is 2. The molecule has 7 nitrogen and oxygen atoms in total. The molecule has 0 saturated carbocycles. The Kier molecular flexibility index (Phi) is 11.7. The number of anilines is 1. The number of aromatic hydroxyl groups is 1.